The van der Waals surface area contributed by atoms with E-state index in [9.17, 15) is 4.79 Å². The molecule has 0 atom stereocenters. The first-order valence-electron chi connectivity index (χ1n) is 3.31. The molecule has 0 amide bonds. The predicted octanol–water partition coefficient (Wildman–Crippen LogP) is 2.35. The number of aryl methyl sites for hydroxylation is 1. The zero-order valence-electron chi connectivity index (χ0n) is 6.87. The van der Waals surface area contributed by atoms with Crippen LogP contribution in [0.15, 0.2) is 12.1 Å². The topological polar surface area (TPSA) is 63.3 Å². The minimum Gasteiger partial charge on any atom is -0.478 e. The first kappa shape index (κ1) is 12.1. The van der Waals surface area contributed by atoms with Gasteiger partial charge in [-0.05, 0) is 24.6 Å². The van der Waals surface area contributed by atoms with E-state index >= 15 is 0 Å². The molecule has 0 unspecified atom stereocenters. The van der Waals surface area contributed by atoms with E-state index in [1.54, 1.807) is 6.92 Å². The summed E-state index contributed by atoms with van der Waals surface area (Å²) in [6.07, 6.45) is 0. The molecule has 0 aromatic heterocycles. The van der Waals surface area contributed by atoms with Crippen LogP contribution >= 0.6 is 24.0 Å². The van der Waals surface area contributed by atoms with Gasteiger partial charge in [0.2, 0.25) is 0 Å². The van der Waals surface area contributed by atoms with Crippen LogP contribution in [-0.2, 0) is 0 Å². The van der Waals surface area contributed by atoms with Crippen LogP contribution in [0.1, 0.15) is 15.9 Å². The molecule has 0 aliphatic carbocycles. The maximum absolute atomic E-state index is 10.5. The Labute approximate surface area is 86.9 Å². The van der Waals surface area contributed by atoms with Gasteiger partial charge in [-0.1, -0.05) is 11.6 Å². The molecule has 0 heterocycles. The van der Waals surface area contributed by atoms with Crippen molar-refractivity contribution in [2.45, 2.75) is 6.92 Å². The number of aromatic carboxylic acids is 1. The maximum Gasteiger partial charge on any atom is 0.335 e. The lowest BCUT2D eigenvalue weighted by atomic mass is 10.1. The summed E-state index contributed by atoms with van der Waals surface area (Å²) in [5.74, 6) is -0.999. The number of carboxylic acids is 1. The van der Waals surface area contributed by atoms with Crippen LogP contribution in [-0.4, -0.2) is 11.1 Å². The molecule has 0 aliphatic heterocycles. The summed E-state index contributed by atoms with van der Waals surface area (Å²) in [7, 11) is 0. The van der Waals surface area contributed by atoms with Gasteiger partial charge in [-0.15, -0.1) is 12.4 Å². The van der Waals surface area contributed by atoms with Crippen LogP contribution in [0.4, 0.5) is 5.69 Å². The molecule has 1 aromatic rings. The van der Waals surface area contributed by atoms with Crippen molar-refractivity contribution >= 4 is 35.7 Å². The summed E-state index contributed by atoms with van der Waals surface area (Å²) in [4.78, 5) is 10.5. The highest BCUT2D eigenvalue weighted by molar-refractivity contribution is 6.34. The van der Waals surface area contributed by atoms with Crippen LogP contribution in [0.5, 0.6) is 0 Å². The number of nitrogens with two attached hydrogens (primary N) is 1. The quantitative estimate of drug-likeness (QED) is 0.716. The lowest BCUT2D eigenvalue weighted by Gasteiger charge is -2.03. The molecule has 1 rings (SSSR count). The van der Waals surface area contributed by atoms with Crippen LogP contribution < -0.4 is 5.73 Å². The van der Waals surface area contributed by atoms with E-state index in [0.717, 1.165) is 0 Å². The van der Waals surface area contributed by atoms with E-state index in [2.05, 4.69) is 0 Å². The number of halogens is 2. The summed E-state index contributed by atoms with van der Waals surface area (Å²) in [5.41, 5.74) is 6.60. The van der Waals surface area contributed by atoms with Crippen LogP contribution in [0.3, 0.4) is 0 Å². The molecular formula is C8H9Cl2NO2. The molecule has 5 heteroatoms. The van der Waals surface area contributed by atoms with Gasteiger partial charge in [-0.2, -0.15) is 0 Å². The Bertz CT molecular complexity index is 316. The van der Waals surface area contributed by atoms with Crippen LogP contribution in [0, 0.1) is 6.92 Å². The third-order valence-corrected chi connectivity index (χ3v) is 2.05. The van der Waals surface area contributed by atoms with Crippen molar-refractivity contribution in [3.05, 3.63) is 28.3 Å². The first-order chi connectivity index (χ1) is 5.52. The molecule has 13 heavy (non-hydrogen) atoms. The van der Waals surface area contributed by atoms with E-state index < -0.39 is 5.97 Å². The molecule has 0 saturated carbocycles. The molecule has 72 valence electrons. The third-order valence-electron chi connectivity index (χ3n) is 1.53. The fraction of sp³-hybridized carbons (Fsp3) is 0.125. The Morgan fingerprint density at radius 2 is 2.08 bits per heavy atom. The molecule has 0 aliphatic rings. The van der Waals surface area contributed by atoms with Gasteiger partial charge in [0.15, 0.2) is 0 Å². The smallest absolute Gasteiger partial charge is 0.335 e. The Kier molecular flexibility index (Phi) is 4.04. The minimum atomic E-state index is -0.999. The summed E-state index contributed by atoms with van der Waals surface area (Å²) < 4.78 is 0. The van der Waals surface area contributed by atoms with E-state index in [4.69, 9.17) is 22.4 Å². The second kappa shape index (κ2) is 4.35. The van der Waals surface area contributed by atoms with Gasteiger partial charge in [0.25, 0.3) is 0 Å². The van der Waals surface area contributed by atoms with Gasteiger partial charge in [-0.3, -0.25) is 0 Å². The monoisotopic (exact) mass is 221 g/mol. The van der Waals surface area contributed by atoms with Gasteiger partial charge in [0, 0.05) is 0 Å². The average molecular weight is 222 g/mol. The minimum absolute atomic E-state index is 0. The lowest BCUT2D eigenvalue weighted by Crippen LogP contribution is -1.99. The predicted molar refractivity (Wildman–Crippen MR) is 54.8 cm³/mol. The molecular weight excluding hydrogens is 213 g/mol. The number of rotatable bonds is 1. The second-order valence-electron chi connectivity index (χ2n) is 2.50. The van der Waals surface area contributed by atoms with Crippen molar-refractivity contribution in [3.8, 4) is 0 Å². The van der Waals surface area contributed by atoms with E-state index in [1.165, 1.54) is 12.1 Å². The van der Waals surface area contributed by atoms with Crippen molar-refractivity contribution in [3.63, 3.8) is 0 Å². The molecule has 3 nitrogen and oxygen atoms in total. The van der Waals surface area contributed by atoms with Crippen molar-refractivity contribution in [2.75, 3.05) is 5.73 Å². The van der Waals surface area contributed by atoms with E-state index in [0.29, 0.717) is 16.3 Å². The maximum atomic E-state index is 10.5. The number of hydrogen-bond acceptors (Lipinski definition) is 2. The van der Waals surface area contributed by atoms with Crippen LogP contribution in [0.25, 0.3) is 0 Å². The largest absolute Gasteiger partial charge is 0.478 e. The number of hydrogen-bond donors (Lipinski definition) is 2. The highest BCUT2D eigenvalue weighted by atomic mass is 35.5. The Morgan fingerprint density at radius 3 is 2.46 bits per heavy atom. The van der Waals surface area contributed by atoms with Crippen molar-refractivity contribution in [1.82, 2.24) is 0 Å². The first-order valence-corrected chi connectivity index (χ1v) is 3.69. The number of carbonyl (C=O) groups is 1. The average Bonchev–Trinajstić information content (AvgIpc) is 1.99. The molecule has 3 N–H and O–H groups in total. The Hall–Kier alpha value is -0.930. The third kappa shape index (κ3) is 2.50. The molecule has 0 saturated heterocycles. The van der Waals surface area contributed by atoms with Gasteiger partial charge in [0.1, 0.15) is 0 Å². The molecule has 0 bridgehead atoms. The van der Waals surface area contributed by atoms with Crippen molar-refractivity contribution in [2.24, 2.45) is 0 Å². The highest BCUT2D eigenvalue weighted by Gasteiger charge is 2.07. The standard InChI is InChI=1S/C8H8ClNO2.ClH/c1-4-2-5(8(11)12)3-6(10)7(4)9;/h2-3H,10H2,1H3,(H,11,12);1H. The van der Waals surface area contributed by atoms with E-state index in [-0.39, 0.29) is 18.0 Å². The van der Waals surface area contributed by atoms with Gasteiger partial charge in [0.05, 0.1) is 16.3 Å². The van der Waals surface area contributed by atoms with Gasteiger partial charge >= 0.3 is 5.97 Å². The highest BCUT2D eigenvalue weighted by Crippen LogP contribution is 2.24. The van der Waals surface area contributed by atoms with Crippen molar-refractivity contribution < 1.29 is 9.90 Å². The molecule has 1 aromatic carbocycles. The van der Waals surface area contributed by atoms with Crippen molar-refractivity contribution in [1.29, 1.82) is 0 Å². The summed E-state index contributed by atoms with van der Waals surface area (Å²) in [6, 6.07) is 2.83. The fourth-order valence-corrected chi connectivity index (χ4v) is 1.03. The fourth-order valence-electron chi connectivity index (χ4n) is 0.920. The molecule has 0 spiro atoms. The lowest BCUT2D eigenvalue weighted by molar-refractivity contribution is 0.0697. The van der Waals surface area contributed by atoms with Gasteiger partial charge < -0.3 is 10.8 Å². The Balaban J connectivity index is 0.00000144. The normalized spacial score (nSPS) is 9.08. The summed E-state index contributed by atoms with van der Waals surface area (Å²) in [6.45, 7) is 1.71. The number of carboxylic acid groups (broad SMARTS) is 1. The summed E-state index contributed by atoms with van der Waals surface area (Å²) >= 11 is 5.74. The number of anilines is 1. The number of nitrogen functional groups attached to an aromatic ring is 1. The number of benzene rings is 1. The Morgan fingerprint density at radius 1 is 1.54 bits per heavy atom. The molecule has 0 fully saturated rings. The second-order valence-corrected chi connectivity index (χ2v) is 2.88. The zero-order chi connectivity index (χ0) is 9.30. The zero-order valence-corrected chi connectivity index (χ0v) is 8.45. The SMILES string of the molecule is Cc1cc(C(=O)O)cc(N)c1Cl.Cl. The van der Waals surface area contributed by atoms with E-state index in [1.807, 2.05) is 0 Å². The molecule has 0 radical (unpaired) electrons. The van der Waals surface area contributed by atoms with Gasteiger partial charge in [-0.25, -0.2) is 4.79 Å². The van der Waals surface area contributed by atoms with Crippen LogP contribution in [0.2, 0.25) is 5.02 Å². The summed E-state index contributed by atoms with van der Waals surface area (Å²) in [5, 5.41) is 9.04.